The molecular formula is C23H20F2N2O2. The molecule has 0 saturated heterocycles. The summed E-state index contributed by atoms with van der Waals surface area (Å²) in [6.45, 7) is -0.511. The van der Waals surface area contributed by atoms with Gasteiger partial charge < -0.3 is 14.5 Å². The molecule has 0 bridgehead atoms. The van der Waals surface area contributed by atoms with Crippen molar-refractivity contribution in [3.05, 3.63) is 71.8 Å². The molecule has 29 heavy (non-hydrogen) atoms. The number of benzene rings is 3. The molecule has 0 aliphatic rings. The summed E-state index contributed by atoms with van der Waals surface area (Å²) in [5, 5.41) is 2.95. The van der Waals surface area contributed by atoms with Crippen LogP contribution in [0.2, 0.25) is 0 Å². The summed E-state index contributed by atoms with van der Waals surface area (Å²) in [5.41, 5.74) is 5.67. The van der Waals surface area contributed by atoms with E-state index in [1.54, 1.807) is 13.1 Å². The van der Waals surface area contributed by atoms with Gasteiger partial charge in [0.05, 0.1) is 0 Å². The smallest absolute Gasteiger partial charge is 0.387 e. The van der Waals surface area contributed by atoms with E-state index < -0.39 is 6.61 Å². The van der Waals surface area contributed by atoms with E-state index in [-0.39, 0.29) is 5.75 Å². The number of nitrogens with zero attached hydrogens (tertiary/aromatic N) is 1. The van der Waals surface area contributed by atoms with Gasteiger partial charge in [-0.25, -0.2) is 4.98 Å². The van der Waals surface area contributed by atoms with E-state index in [0.717, 1.165) is 22.3 Å². The summed E-state index contributed by atoms with van der Waals surface area (Å²) in [6.07, 6.45) is 0. The lowest BCUT2D eigenvalue weighted by atomic mass is 9.96. The standard InChI is InChI=1S/C23H20F2N2O2/c1-14-17(15-7-4-3-5-8-15)9-6-10-18(14)22-27-19-11-16(13-26-2)20(29-23(24)25)12-21(19)28-22/h3-12,23,26H,13H2,1-2H3. The Balaban J connectivity index is 1.81. The Morgan fingerprint density at radius 3 is 2.52 bits per heavy atom. The predicted octanol–water partition coefficient (Wildman–Crippen LogP) is 5.79. The molecule has 3 aromatic carbocycles. The minimum absolute atomic E-state index is 0.0827. The Kier molecular flexibility index (Phi) is 5.27. The van der Waals surface area contributed by atoms with Gasteiger partial charge >= 0.3 is 6.61 Å². The molecule has 0 saturated carbocycles. The van der Waals surface area contributed by atoms with E-state index in [2.05, 4.69) is 33.2 Å². The van der Waals surface area contributed by atoms with Gasteiger partial charge in [-0.1, -0.05) is 42.5 Å². The van der Waals surface area contributed by atoms with Gasteiger partial charge in [0.25, 0.3) is 0 Å². The number of oxazole rings is 1. The SMILES string of the molecule is CNCc1cc2nc(-c3cccc(-c4ccccc4)c3C)oc2cc1OC(F)F. The number of rotatable bonds is 6. The van der Waals surface area contributed by atoms with Crippen LogP contribution in [0.3, 0.4) is 0 Å². The highest BCUT2D eigenvalue weighted by Crippen LogP contribution is 2.35. The zero-order chi connectivity index (χ0) is 20.4. The van der Waals surface area contributed by atoms with E-state index in [1.165, 1.54) is 6.07 Å². The molecule has 1 heterocycles. The van der Waals surface area contributed by atoms with Crippen molar-refractivity contribution < 1.29 is 17.9 Å². The molecule has 1 N–H and O–H groups in total. The van der Waals surface area contributed by atoms with E-state index in [0.29, 0.717) is 29.1 Å². The van der Waals surface area contributed by atoms with Crippen LogP contribution < -0.4 is 10.1 Å². The molecule has 0 spiro atoms. The zero-order valence-electron chi connectivity index (χ0n) is 16.1. The van der Waals surface area contributed by atoms with Crippen LogP contribution in [0.5, 0.6) is 5.75 Å². The normalized spacial score (nSPS) is 11.3. The summed E-state index contributed by atoms with van der Waals surface area (Å²) in [5.74, 6) is 0.527. The van der Waals surface area contributed by atoms with Gasteiger partial charge in [0.1, 0.15) is 11.3 Å². The van der Waals surface area contributed by atoms with Crippen molar-refractivity contribution in [2.75, 3.05) is 7.05 Å². The molecule has 0 aliphatic heterocycles. The van der Waals surface area contributed by atoms with Gasteiger partial charge in [-0.15, -0.1) is 0 Å². The Hall–Kier alpha value is -3.25. The maximum Gasteiger partial charge on any atom is 0.387 e. The van der Waals surface area contributed by atoms with Crippen molar-refractivity contribution in [2.24, 2.45) is 0 Å². The van der Waals surface area contributed by atoms with Crippen molar-refractivity contribution in [1.82, 2.24) is 10.3 Å². The van der Waals surface area contributed by atoms with Gasteiger partial charge in [0.2, 0.25) is 5.89 Å². The van der Waals surface area contributed by atoms with Gasteiger partial charge in [0, 0.05) is 23.7 Å². The lowest BCUT2D eigenvalue weighted by Crippen LogP contribution is -2.10. The van der Waals surface area contributed by atoms with Gasteiger partial charge in [-0.2, -0.15) is 8.78 Å². The quantitative estimate of drug-likeness (QED) is 0.450. The van der Waals surface area contributed by atoms with Crippen LogP contribution in [0.1, 0.15) is 11.1 Å². The average molecular weight is 394 g/mol. The molecule has 0 unspecified atom stereocenters. The topological polar surface area (TPSA) is 47.3 Å². The molecular weight excluding hydrogens is 374 g/mol. The third-order valence-electron chi connectivity index (χ3n) is 4.80. The van der Waals surface area contributed by atoms with Crippen molar-refractivity contribution in [1.29, 1.82) is 0 Å². The molecule has 1 aromatic heterocycles. The second-order valence-electron chi connectivity index (χ2n) is 6.70. The van der Waals surface area contributed by atoms with E-state index in [9.17, 15) is 8.78 Å². The Bertz CT molecular complexity index is 1140. The third-order valence-corrected chi connectivity index (χ3v) is 4.80. The highest BCUT2D eigenvalue weighted by Gasteiger charge is 2.17. The lowest BCUT2D eigenvalue weighted by molar-refractivity contribution is -0.0504. The fraction of sp³-hybridized carbons (Fsp3) is 0.174. The molecule has 0 atom stereocenters. The van der Waals surface area contributed by atoms with Crippen LogP contribution in [-0.2, 0) is 6.54 Å². The van der Waals surface area contributed by atoms with Crippen LogP contribution >= 0.6 is 0 Å². The first kappa shape index (κ1) is 19.1. The molecule has 6 heteroatoms. The molecule has 4 rings (SSSR count). The van der Waals surface area contributed by atoms with E-state index in [4.69, 9.17) is 4.42 Å². The highest BCUT2D eigenvalue weighted by atomic mass is 19.3. The maximum atomic E-state index is 12.8. The summed E-state index contributed by atoms with van der Waals surface area (Å²) in [4.78, 5) is 4.60. The summed E-state index contributed by atoms with van der Waals surface area (Å²) < 4.78 is 36.1. The number of hydrogen-bond acceptors (Lipinski definition) is 4. The number of nitrogens with one attached hydrogen (secondary N) is 1. The van der Waals surface area contributed by atoms with Crippen molar-refractivity contribution in [3.8, 4) is 28.3 Å². The van der Waals surface area contributed by atoms with Crippen molar-refractivity contribution >= 4 is 11.1 Å². The van der Waals surface area contributed by atoms with Crippen LogP contribution in [-0.4, -0.2) is 18.6 Å². The number of alkyl halides is 2. The molecule has 0 amide bonds. The predicted molar refractivity (Wildman–Crippen MR) is 109 cm³/mol. The van der Waals surface area contributed by atoms with Crippen LogP contribution in [0.15, 0.2) is 65.1 Å². The minimum atomic E-state index is -2.91. The Morgan fingerprint density at radius 1 is 1.03 bits per heavy atom. The van der Waals surface area contributed by atoms with E-state index in [1.807, 2.05) is 37.3 Å². The second kappa shape index (κ2) is 8.01. The van der Waals surface area contributed by atoms with Crippen LogP contribution in [0.25, 0.3) is 33.7 Å². The Morgan fingerprint density at radius 2 is 1.79 bits per heavy atom. The van der Waals surface area contributed by atoms with Crippen LogP contribution in [0.4, 0.5) is 8.78 Å². The third kappa shape index (κ3) is 3.84. The van der Waals surface area contributed by atoms with Crippen LogP contribution in [0, 0.1) is 6.92 Å². The number of hydrogen-bond donors (Lipinski definition) is 1. The molecule has 148 valence electrons. The van der Waals surface area contributed by atoms with Crippen molar-refractivity contribution in [3.63, 3.8) is 0 Å². The van der Waals surface area contributed by atoms with Crippen molar-refractivity contribution in [2.45, 2.75) is 20.1 Å². The number of ether oxygens (including phenoxy) is 1. The summed E-state index contributed by atoms with van der Waals surface area (Å²) in [7, 11) is 1.74. The summed E-state index contributed by atoms with van der Waals surface area (Å²) >= 11 is 0. The largest absolute Gasteiger partial charge is 0.436 e. The number of halogens is 2. The lowest BCUT2D eigenvalue weighted by Gasteiger charge is -2.09. The maximum absolute atomic E-state index is 12.8. The fourth-order valence-electron chi connectivity index (χ4n) is 3.45. The zero-order valence-corrected chi connectivity index (χ0v) is 16.1. The van der Waals surface area contributed by atoms with E-state index >= 15 is 0 Å². The number of aromatic nitrogens is 1. The van der Waals surface area contributed by atoms with Gasteiger partial charge in [-0.05, 0) is 42.8 Å². The second-order valence-corrected chi connectivity index (χ2v) is 6.70. The highest BCUT2D eigenvalue weighted by molar-refractivity contribution is 5.81. The molecule has 4 nitrogen and oxygen atoms in total. The first-order valence-corrected chi connectivity index (χ1v) is 9.25. The monoisotopic (exact) mass is 394 g/mol. The number of fused-ring (bicyclic) bond motifs is 1. The summed E-state index contributed by atoms with van der Waals surface area (Å²) in [6, 6.07) is 19.2. The first-order valence-electron chi connectivity index (χ1n) is 9.25. The molecule has 0 aliphatic carbocycles. The van der Waals surface area contributed by atoms with Gasteiger partial charge in [-0.3, -0.25) is 0 Å². The molecule has 0 radical (unpaired) electrons. The first-order chi connectivity index (χ1) is 14.1. The molecule has 4 aromatic rings. The Labute approximate surface area is 167 Å². The minimum Gasteiger partial charge on any atom is -0.436 e. The average Bonchev–Trinajstić information content (AvgIpc) is 3.11. The molecule has 0 fully saturated rings. The fourth-order valence-corrected chi connectivity index (χ4v) is 3.45. The van der Waals surface area contributed by atoms with Gasteiger partial charge in [0.15, 0.2) is 5.58 Å².